The molecule has 32 heavy (non-hydrogen) atoms. The highest BCUT2D eigenvalue weighted by Crippen LogP contribution is 2.43. The van der Waals surface area contributed by atoms with Crippen LogP contribution in [0.5, 0.6) is 11.5 Å². The average Bonchev–Trinajstić information content (AvgIpc) is 2.70. The maximum absolute atomic E-state index is 12.1. The lowest BCUT2D eigenvalue weighted by atomic mass is 9.96. The molecule has 0 aliphatic heterocycles. The Kier molecular flexibility index (Phi) is 7.23. The number of rotatable bonds is 8. The summed E-state index contributed by atoms with van der Waals surface area (Å²) in [6.07, 6.45) is -0.434. The average molecular weight is 439 g/mol. The molecule has 0 heterocycles. The lowest BCUT2D eigenvalue weighted by Gasteiger charge is -2.19. The molecule has 3 rings (SSSR count). The Bertz CT molecular complexity index is 1060. The third kappa shape index (κ3) is 5.31. The molecule has 0 amide bonds. The Balaban J connectivity index is 2.12. The van der Waals surface area contributed by atoms with E-state index in [0.29, 0.717) is 11.5 Å². The highest BCUT2D eigenvalue weighted by molar-refractivity contribution is 6.11. The van der Waals surface area contributed by atoms with Crippen LogP contribution in [0.1, 0.15) is 38.8 Å². The molecule has 170 valence electrons. The van der Waals surface area contributed by atoms with E-state index in [9.17, 15) is 9.59 Å². The van der Waals surface area contributed by atoms with Crippen molar-refractivity contribution in [2.75, 3.05) is 13.2 Å². The van der Waals surface area contributed by atoms with E-state index in [0.717, 1.165) is 32.7 Å². The summed E-state index contributed by atoms with van der Waals surface area (Å²) in [7, 11) is 0. The number of fused-ring (bicyclic) bond motifs is 2. The molecule has 0 saturated carbocycles. The van der Waals surface area contributed by atoms with Gasteiger partial charge in [0.1, 0.15) is 11.5 Å². The lowest BCUT2D eigenvalue weighted by Crippen LogP contribution is -2.19. The fraction of sp³-hybridized carbons (Fsp3) is 0.385. The first-order valence-electron chi connectivity index (χ1n) is 10.8. The zero-order valence-electron chi connectivity index (χ0n) is 19.5. The van der Waals surface area contributed by atoms with Crippen molar-refractivity contribution in [3.63, 3.8) is 0 Å². The van der Waals surface area contributed by atoms with Gasteiger partial charge in [-0.1, -0.05) is 24.3 Å². The van der Waals surface area contributed by atoms with Crippen molar-refractivity contribution in [3.8, 4) is 11.5 Å². The summed E-state index contributed by atoms with van der Waals surface area (Å²) in [4.78, 5) is 24.3. The van der Waals surface area contributed by atoms with Gasteiger partial charge in [-0.25, -0.2) is 9.59 Å². The van der Waals surface area contributed by atoms with Crippen LogP contribution in [0.2, 0.25) is 0 Å². The summed E-state index contributed by atoms with van der Waals surface area (Å²) in [6, 6.07) is 11.6. The second-order valence-electron chi connectivity index (χ2n) is 8.34. The number of hydrogen-bond acceptors (Lipinski definition) is 6. The predicted molar refractivity (Wildman–Crippen MR) is 124 cm³/mol. The van der Waals surface area contributed by atoms with Gasteiger partial charge in [0, 0.05) is 21.5 Å². The minimum absolute atomic E-state index is 0.203. The van der Waals surface area contributed by atoms with Crippen molar-refractivity contribution >= 4 is 33.5 Å². The molecule has 0 atom stereocenters. The smallest absolute Gasteiger partial charge is 0.344 e. The molecule has 6 nitrogen and oxygen atoms in total. The van der Waals surface area contributed by atoms with E-state index < -0.39 is 11.9 Å². The highest BCUT2D eigenvalue weighted by atomic mass is 16.6. The molecule has 0 fully saturated rings. The number of carbonyl (C=O) groups is 2. The first kappa shape index (κ1) is 23.4. The molecule has 0 bridgehead atoms. The molecule has 0 aromatic heterocycles. The highest BCUT2D eigenvalue weighted by Gasteiger charge is 2.19. The van der Waals surface area contributed by atoms with Crippen molar-refractivity contribution in [3.05, 3.63) is 47.5 Å². The molecule has 3 aromatic rings. The van der Waals surface area contributed by atoms with Crippen molar-refractivity contribution in [2.24, 2.45) is 0 Å². The third-order valence-electron chi connectivity index (χ3n) is 4.94. The number of ether oxygens (including phenoxy) is 4. The number of benzene rings is 3. The maximum atomic E-state index is 12.1. The summed E-state index contributed by atoms with van der Waals surface area (Å²) >= 11 is 0. The zero-order valence-corrected chi connectivity index (χ0v) is 19.5. The molecule has 0 radical (unpaired) electrons. The van der Waals surface area contributed by atoms with E-state index in [2.05, 4.69) is 0 Å². The monoisotopic (exact) mass is 438 g/mol. The second kappa shape index (κ2) is 9.90. The minimum Gasteiger partial charge on any atom is -0.481 e. The Morgan fingerprint density at radius 3 is 1.41 bits per heavy atom. The molecular formula is C26H30O6. The number of aryl methyl sites for hydroxylation is 2. The predicted octanol–water partition coefficient (Wildman–Crippen LogP) is 5.27. The van der Waals surface area contributed by atoms with Crippen LogP contribution in [-0.4, -0.2) is 37.4 Å². The fourth-order valence-corrected chi connectivity index (χ4v) is 3.53. The largest absolute Gasteiger partial charge is 0.481 e. The van der Waals surface area contributed by atoms with E-state index in [1.165, 1.54) is 0 Å². The first-order valence-corrected chi connectivity index (χ1v) is 10.8. The van der Waals surface area contributed by atoms with E-state index in [1.54, 1.807) is 27.7 Å². The summed E-state index contributed by atoms with van der Waals surface area (Å²) in [5.74, 6) is 0.295. The van der Waals surface area contributed by atoms with Gasteiger partial charge in [0.15, 0.2) is 13.2 Å². The molecule has 0 unspecified atom stereocenters. The SMILES string of the molecule is Cc1cc2c(OCC(=O)OC(C)C)c3ccccc3c(OCC(=O)OC(C)C)c2cc1C. The van der Waals surface area contributed by atoms with Crippen LogP contribution in [0.15, 0.2) is 36.4 Å². The minimum atomic E-state index is -0.433. The molecule has 0 saturated heterocycles. The standard InChI is InChI=1S/C26H30O6/c1-15(2)31-23(27)13-29-25-19-9-7-8-10-20(19)26(30-14-24(28)32-16(3)4)22-12-18(6)17(5)11-21(22)25/h7-12,15-16H,13-14H2,1-6H3. The van der Waals surface area contributed by atoms with Gasteiger partial charge in [-0.3, -0.25) is 0 Å². The third-order valence-corrected chi connectivity index (χ3v) is 4.94. The molecule has 6 heteroatoms. The van der Waals surface area contributed by atoms with E-state index >= 15 is 0 Å². The second-order valence-corrected chi connectivity index (χ2v) is 8.34. The van der Waals surface area contributed by atoms with Crippen LogP contribution < -0.4 is 9.47 Å². The Morgan fingerprint density at radius 2 is 1.06 bits per heavy atom. The summed E-state index contributed by atoms with van der Waals surface area (Å²) in [5, 5.41) is 3.17. The van der Waals surface area contributed by atoms with Gasteiger partial charge in [-0.2, -0.15) is 0 Å². The summed E-state index contributed by atoms with van der Waals surface area (Å²) in [5.41, 5.74) is 2.15. The number of carbonyl (C=O) groups excluding carboxylic acids is 2. The molecule has 0 aliphatic carbocycles. The molecule has 0 N–H and O–H groups in total. The van der Waals surface area contributed by atoms with Crippen LogP contribution in [0.3, 0.4) is 0 Å². The van der Waals surface area contributed by atoms with Crippen LogP contribution in [0, 0.1) is 13.8 Å². The van der Waals surface area contributed by atoms with Gasteiger partial charge in [0.25, 0.3) is 0 Å². The normalized spacial score (nSPS) is 11.2. The lowest BCUT2D eigenvalue weighted by molar-refractivity contribution is -0.150. The maximum Gasteiger partial charge on any atom is 0.344 e. The molecular weight excluding hydrogens is 408 g/mol. The van der Waals surface area contributed by atoms with Gasteiger partial charge in [-0.15, -0.1) is 0 Å². The Morgan fingerprint density at radius 1 is 0.688 bits per heavy atom. The van der Waals surface area contributed by atoms with Gasteiger partial charge in [0.05, 0.1) is 12.2 Å². The van der Waals surface area contributed by atoms with Gasteiger partial charge < -0.3 is 18.9 Å². The first-order chi connectivity index (χ1) is 15.2. The van der Waals surface area contributed by atoms with Crippen LogP contribution in [0.4, 0.5) is 0 Å². The van der Waals surface area contributed by atoms with Crippen molar-refractivity contribution in [2.45, 2.75) is 53.8 Å². The fourth-order valence-electron chi connectivity index (χ4n) is 3.53. The molecule has 3 aromatic carbocycles. The van der Waals surface area contributed by atoms with Gasteiger partial charge >= 0.3 is 11.9 Å². The summed E-state index contributed by atoms with van der Waals surface area (Å²) < 4.78 is 22.4. The van der Waals surface area contributed by atoms with Crippen molar-refractivity contribution in [1.82, 2.24) is 0 Å². The van der Waals surface area contributed by atoms with Crippen LogP contribution >= 0.6 is 0 Å². The Hall–Kier alpha value is -3.28. The van der Waals surface area contributed by atoms with Gasteiger partial charge in [0.2, 0.25) is 0 Å². The quantitative estimate of drug-likeness (QED) is 0.352. The van der Waals surface area contributed by atoms with Crippen LogP contribution in [0.25, 0.3) is 21.5 Å². The topological polar surface area (TPSA) is 71.1 Å². The van der Waals surface area contributed by atoms with Gasteiger partial charge in [-0.05, 0) is 64.8 Å². The van der Waals surface area contributed by atoms with Crippen molar-refractivity contribution in [1.29, 1.82) is 0 Å². The van der Waals surface area contributed by atoms with Crippen LogP contribution in [-0.2, 0) is 19.1 Å². The summed E-state index contributed by atoms with van der Waals surface area (Å²) in [6.45, 7) is 10.8. The number of esters is 2. The van der Waals surface area contributed by atoms with E-state index in [1.807, 2.05) is 50.2 Å². The van der Waals surface area contributed by atoms with E-state index in [4.69, 9.17) is 18.9 Å². The zero-order chi connectivity index (χ0) is 23.4. The molecule has 0 spiro atoms. The molecule has 0 aliphatic rings. The van der Waals surface area contributed by atoms with Crippen molar-refractivity contribution < 1.29 is 28.5 Å². The van der Waals surface area contributed by atoms with E-state index in [-0.39, 0.29) is 25.4 Å². The number of hydrogen-bond donors (Lipinski definition) is 0. The Labute approximate surface area is 188 Å².